The summed E-state index contributed by atoms with van der Waals surface area (Å²) in [6, 6.07) is 3.60. The standard InChI is InChI=1S/C18H20N2O7/c19-2-1-3-20-15-17(26)14-10(22)6-9(21)7-13(14)27-18(15)8-4-11(23)16(25)12(24)5-8/h4-7,15,18,20-25H,1-3,19H2/t15-,18-/m1/s1. The molecule has 0 spiro atoms. The predicted molar refractivity (Wildman–Crippen MR) is 94.4 cm³/mol. The smallest absolute Gasteiger partial charge is 0.200 e. The number of Topliss-reactive ketones (excluding diaryl/α,β-unsaturated/α-hetero) is 1. The number of nitrogens with two attached hydrogens (primary N) is 1. The number of aromatic hydroxyl groups is 5. The van der Waals surface area contributed by atoms with E-state index in [9.17, 15) is 30.3 Å². The molecule has 1 heterocycles. The number of fused-ring (bicyclic) bond motifs is 1. The number of hydrogen-bond donors (Lipinski definition) is 7. The summed E-state index contributed by atoms with van der Waals surface area (Å²) in [5, 5.41) is 51.9. The molecule has 0 bridgehead atoms. The molecule has 27 heavy (non-hydrogen) atoms. The Morgan fingerprint density at radius 1 is 1.00 bits per heavy atom. The van der Waals surface area contributed by atoms with E-state index in [1.807, 2.05) is 0 Å². The van der Waals surface area contributed by atoms with E-state index in [1.165, 1.54) is 6.07 Å². The lowest BCUT2D eigenvalue weighted by atomic mass is 9.90. The number of ketones is 1. The van der Waals surface area contributed by atoms with E-state index < -0.39 is 40.9 Å². The van der Waals surface area contributed by atoms with E-state index in [0.29, 0.717) is 19.5 Å². The molecule has 2 aromatic rings. The summed E-state index contributed by atoms with van der Waals surface area (Å²) >= 11 is 0. The zero-order valence-electron chi connectivity index (χ0n) is 14.2. The van der Waals surface area contributed by atoms with E-state index in [-0.39, 0.29) is 22.6 Å². The Balaban J connectivity index is 2.07. The van der Waals surface area contributed by atoms with Crippen molar-refractivity contribution in [2.45, 2.75) is 18.6 Å². The van der Waals surface area contributed by atoms with Crippen LogP contribution in [0.3, 0.4) is 0 Å². The van der Waals surface area contributed by atoms with Gasteiger partial charge in [-0.3, -0.25) is 4.79 Å². The lowest BCUT2D eigenvalue weighted by Gasteiger charge is -2.34. The molecule has 144 valence electrons. The SMILES string of the molecule is NCCCN[C@@H]1C(=O)c2c(O)cc(O)cc2O[C@@H]1c1cc(O)c(O)c(O)c1. The van der Waals surface area contributed by atoms with E-state index in [0.717, 1.165) is 18.2 Å². The van der Waals surface area contributed by atoms with Crippen molar-refractivity contribution in [2.75, 3.05) is 13.1 Å². The van der Waals surface area contributed by atoms with Crippen LogP contribution < -0.4 is 15.8 Å². The molecule has 1 aliphatic heterocycles. The van der Waals surface area contributed by atoms with Gasteiger partial charge < -0.3 is 41.3 Å². The molecule has 3 rings (SSSR count). The number of benzene rings is 2. The fraction of sp³-hybridized carbons (Fsp3) is 0.278. The normalized spacial score (nSPS) is 18.8. The highest BCUT2D eigenvalue weighted by molar-refractivity contribution is 6.06. The van der Waals surface area contributed by atoms with Crippen molar-refractivity contribution >= 4 is 5.78 Å². The summed E-state index contributed by atoms with van der Waals surface area (Å²) in [6.45, 7) is 0.785. The largest absolute Gasteiger partial charge is 0.508 e. The first-order valence-electron chi connectivity index (χ1n) is 8.28. The molecule has 9 nitrogen and oxygen atoms in total. The summed E-state index contributed by atoms with van der Waals surface area (Å²) in [7, 11) is 0. The molecular formula is C18H20N2O7. The maximum atomic E-state index is 13.0. The van der Waals surface area contributed by atoms with Gasteiger partial charge in [0, 0.05) is 17.7 Å². The van der Waals surface area contributed by atoms with E-state index >= 15 is 0 Å². The fourth-order valence-electron chi connectivity index (χ4n) is 3.03. The highest BCUT2D eigenvalue weighted by Gasteiger charge is 2.40. The third-order valence-electron chi connectivity index (χ3n) is 4.32. The Hall–Kier alpha value is -3.17. The Bertz CT molecular complexity index is 861. The minimum Gasteiger partial charge on any atom is -0.508 e. The summed E-state index contributed by atoms with van der Waals surface area (Å²) in [5.74, 6) is -3.07. The monoisotopic (exact) mass is 376 g/mol. The van der Waals surface area contributed by atoms with Crippen LogP contribution in [-0.2, 0) is 0 Å². The van der Waals surface area contributed by atoms with Gasteiger partial charge in [0.1, 0.15) is 35.0 Å². The predicted octanol–water partition coefficient (Wildman–Crippen LogP) is 0.838. The van der Waals surface area contributed by atoms with Crippen LogP contribution in [0.5, 0.6) is 34.5 Å². The van der Waals surface area contributed by atoms with Crippen molar-refractivity contribution in [3.05, 3.63) is 35.4 Å². The van der Waals surface area contributed by atoms with E-state index in [4.69, 9.17) is 10.5 Å². The average Bonchev–Trinajstić information content (AvgIpc) is 2.60. The first kappa shape index (κ1) is 18.6. The minimum absolute atomic E-state index is 0.0357. The number of rotatable bonds is 5. The molecule has 0 fully saturated rings. The maximum absolute atomic E-state index is 13.0. The zero-order valence-corrected chi connectivity index (χ0v) is 14.2. The molecule has 2 atom stereocenters. The Morgan fingerprint density at radius 3 is 2.30 bits per heavy atom. The second-order valence-corrected chi connectivity index (χ2v) is 6.22. The minimum atomic E-state index is -0.999. The number of phenols is 5. The topological polar surface area (TPSA) is 166 Å². The van der Waals surface area contributed by atoms with Crippen molar-refractivity contribution < 1.29 is 35.1 Å². The lowest BCUT2D eigenvalue weighted by molar-refractivity contribution is 0.0727. The number of nitrogens with one attached hydrogen (secondary N) is 1. The average molecular weight is 376 g/mol. The summed E-state index contributed by atoms with van der Waals surface area (Å²) < 4.78 is 5.80. The number of carbonyl (C=O) groups excluding carboxylic acids is 1. The van der Waals surface area contributed by atoms with Crippen LogP contribution in [0.1, 0.15) is 28.4 Å². The molecule has 8 N–H and O–H groups in total. The van der Waals surface area contributed by atoms with Crippen LogP contribution in [0.2, 0.25) is 0 Å². The van der Waals surface area contributed by atoms with Crippen molar-refractivity contribution in [1.82, 2.24) is 5.32 Å². The second-order valence-electron chi connectivity index (χ2n) is 6.22. The van der Waals surface area contributed by atoms with E-state index in [1.54, 1.807) is 0 Å². The molecule has 0 aromatic heterocycles. The Morgan fingerprint density at radius 2 is 1.67 bits per heavy atom. The molecule has 0 amide bonds. The third-order valence-corrected chi connectivity index (χ3v) is 4.32. The molecule has 0 aliphatic carbocycles. The lowest BCUT2D eigenvalue weighted by Crippen LogP contribution is -2.47. The molecular weight excluding hydrogens is 356 g/mol. The van der Waals surface area contributed by atoms with Gasteiger partial charge in [-0.05, 0) is 31.6 Å². The number of carbonyl (C=O) groups is 1. The van der Waals surface area contributed by atoms with Crippen LogP contribution in [-0.4, -0.2) is 50.4 Å². The highest BCUT2D eigenvalue weighted by atomic mass is 16.5. The third kappa shape index (κ3) is 3.42. The van der Waals surface area contributed by atoms with Crippen molar-refractivity contribution in [2.24, 2.45) is 5.73 Å². The summed E-state index contributed by atoms with van der Waals surface area (Å²) in [5.41, 5.74) is 5.62. The van der Waals surface area contributed by atoms with Crippen LogP contribution in [0.4, 0.5) is 0 Å². The highest BCUT2D eigenvalue weighted by Crippen LogP contribution is 2.44. The van der Waals surface area contributed by atoms with E-state index in [2.05, 4.69) is 5.32 Å². The molecule has 1 aliphatic rings. The van der Waals surface area contributed by atoms with Gasteiger partial charge in [0.15, 0.2) is 23.0 Å². The van der Waals surface area contributed by atoms with Gasteiger partial charge in [-0.25, -0.2) is 0 Å². The maximum Gasteiger partial charge on any atom is 0.200 e. The van der Waals surface area contributed by atoms with Crippen molar-refractivity contribution in [1.29, 1.82) is 0 Å². The number of ether oxygens (including phenoxy) is 1. The van der Waals surface area contributed by atoms with Crippen LogP contribution >= 0.6 is 0 Å². The number of hydrogen-bond acceptors (Lipinski definition) is 9. The molecule has 0 saturated heterocycles. The Kier molecular flexibility index (Phi) is 4.98. The van der Waals surface area contributed by atoms with Crippen LogP contribution in [0.15, 0.2) is 24.3 Å². The molecule has 0 saturated carbocycles. The van der Waals surface area contributed by atoms with Gasteiger partial charge >= 0.3 is 0 Å². The second kappa shape index (κ2) is 7.22. The van der Waals surface area contributed by atoms with Gasteiger partial charge in [0.2, 0.25) is 0 Å². The fourth-order valence-corrected chi connectivity index (χ4v) is 3.03. The quantitative estimate of drug-likeness (QED) is 0.296. The molecule has 0 radical (unpaired) electrons. The molecule has 2 aromatic carbocycles. The molecule has 0 unspecified atom stereocenters. The van der Waals surface area contributed by atoms with Gasteiger partial charge in [-0.15, -0.1) is 0 Å². The van der Waals surface area contributed by atoms with Gasteiger partial charge in [-0.1, -0.05) is 0 Å². The van der Waals surface area contributed by atoms with Crippen molar-refractivity contribution in [3.8, 4) is 34.5 Å². The number of phenolic OH excluding ortho intramolecular Hbond substituents is 5. The van der Waals surface area contributed by atoms with Crippen LogP contribution in [0.25, 0.3) is 0 Å². The zero-order chi connectivity index (χ0) is 19.7. The summed E-state index contributed by atoms with van der Waals surface area (Å²) in [6.07, 6.45) is -0.418. The first-order chi connectivity index (χ1) is 12.8. The Labute approximate surface area is 154 Å². The molecule has 9 heteroatoms. The van der Waals surface area contributed by atoms with Gasteiger partial charge in [0.25, 0.3) is 0 Å². The van der Waals surface area contributed by atoms with Crippen molar-refractivity contribution in [3.63, 3.8) is 0 Å². The first-order valence-corrected chi connectivity index (χ1v) is 8.28. The van der Waals surface area contributed by atoms with Gasteiger partial charge in [-0.2, -0.15) is 0 Å². The van der Waals surface area contributed by atoms with Crippen LogP contribution in [0, 0.1) is 0 Å². The van der Waals surface area contributed by atoms with Gasteiger partial charge in [0.05, 0.1) is 0 Å². The summed E-state index contributed by atoms with van der Waals surface area (Å²) in [4.78, 5) is 13.0.